The Bertz CT molecular complexity index is 506. The summed E-state index contributed by atoms with van der Waals surface area (Å²) < 4.78 is 38.2. The molecule has 0 radical (unpaired) electrons. The SMILES string of the molecule is CC(C)(Br)C(=O)N1CCn2c(nnc2C(F)(F)F)C1. The van der Waals surface area contributed by atoms with Crippen LogP contribution in [-0.4, -0.2) is 36.4 Å². The molecule has 0 spiro atoms. The summed E-state index contributed by atoms with van der Waals surface area (Å²) in [6.07, 6.45) is -4.52. The smallest absolute Gasteiger partial charge is 0.332 e. The number of carbonyl (C=O) groups excluding carboxylic acids is 1. The van der Waals surface area contributed by atoms with Gasteiger partial charge in [-0.15, -0.1) is 10.2 Å². The number of carbonyl (C=O) groups is 1. The Balaban J connectivity index is 2.23. The molecule has 0 unspecified atom stereocenters. The van der Waals surface area contributed by atoms with E-state index in [1.165, 1.54) is 4.90 Å². The molecular formula is C10H12BrF3N4O. The van der Waals surface area contributed by atoms with Crippen molar-refractivity contribution >= 4 is 21.8 Å². The van der Waals surface area contributed by atoms with Crippen LogP contribution in [0.15, 0.2) is 0 Å². The van der Waals surface area contributed by atoms with Crippen molar-refractivity contribution in [2.75, 3.05) is 6.54 Å². The summed E-state index contributed by atoms with van der Waals surface area (Å²) in [7, 11) is 0. The maximum atomic E-state index is 12.6. The van der Waals surface area contributed by atoms with Crippen LogP contribution in [0.5, 0.6) is 0 Å². The van der Waals surface area contributed by atoms with Crippen LogP contribution in [0, 0.1) is 0 Å². The molecule has 0 N–H and O–H groups in total. The fourth-order valence-electron chi connectivity index (χ4n) is 1.92. The van der Waals surface area contributed by atoms with E-state index in [1.807, 2.05) is 0 Å². The normalized spacial score (nSPS) is 16.4. The zero-order valence-corrected chi connectivity index (χ0v) is 11.9. The number of nitrogens with zero attached hydrogens (tertiary/aromatic N) is 4. The zero-order valence-electron chi connectivity index (χ0n) is 10.3. The van der Waals surface area contributed by atoms with E-state index in [9.17, 15) is 18.0 Å². The van der Waals surface area contributed by atoms with E-state index in [0.29, 0.717) is 0 Å². The van der Waals surface area contributed by atoms with Crippen LogP contribution in [0.4, 0.5) is 13.2 Å². The van der Waals surface area contributed by atoms with Crippen LogP contribution in [0.2, 0.25) is 0 Å². The first kappa shape index (κ1) is 14.3. The van der Waals surface area contributed by atoms with E-state index >= 15 is 0 Å². The summed E-state index contributed by atoms with van der Waals surface area (Å²) in [6.45, 7) is 3.68. The van der Waals surface area contributed by atoms with Crippen molar-refractivity contribution < 1.29 is 18.0 Å². The summed E-state index contributed by atoms with van der Waals surface area (Å²) in [5.41, 5.74) is 0. The van der Waals surface area contributed by atoms with Crippen molar-refractivity contribution in [2.24, 2.45) is 0 Å². The summed E-state index contributed by atoms with van der Waals surface area (Å²) in [5.74, 6) is -1.04. The van der Waals surface area contributed by atoms with Gasteiger partial charge in [-0.25, -0.2) is 0 Å². The maximum absolute atomic E-state index is 12.6. The lowest BCUT2D eigenvalue weighted by Gasteiger charge is -2.31. The summed E-state index contributed by atoms with van der Waals surface area (Å²) in [4.78, 5) is 13.5. The molecule has 0 aliphatic carbocycles. The van der Waals surface area contributed by atoms with E-state index in [0.717, 1.165) is 4.57 Å². The highest BCUT2D eigenvalue weighted by Crippen LogP contribution is 2.30. The van der Waals surface area contributed by atoms with Gasteiger partial charge in [0, 0.05) is 13.1 Å². The Morgan fingerprint density at radius 2 is 1.89 bits per heavy atom. The monoisotopic (exact) mass is 340 g/mol. The Kier molecular flexibility index (Phi) is 3.36. The second-order valence-corrected chi connectivity index (χ2v) is 6.77. The molecule has 0 atom stereocenters. The molecule has 2 rings (SSSR count). The number of halogens is 4. The third-order valence-electron chi connectivity index (χ3n) is 2.80. The number of aromatic nitrogens is 3. The number of hydrogen-bond acceptors (Lipinski definition) is 3. The Hall–Kier alpha value is -1.12. The van der Waals surface area contributed by atoms with Gasteiger partial charge in [-0.3, -0.25) is 4.79 Å². The quantitative estimate of drug-likeness (QED) is 0.732. The van der Waals surface area contributed by atoms with Crippen LogP contribution >= 0.6 is 15.9 Å². The van der Waals surface area contributed by atoms with Gasteiger partial charge in [0.1, 0.15) is 0 Å². The largest absolute Gasteiger partial charge is 0.451 e. The van der Waals surface area contributed by atoms with Gasteiger partial charge in [0.25, 0.3) is 0 Å². The number of fused-ring (bicyclic) bond motifs is 1. The van der Waals surface area contributed by atoms with Crippen molar-refractivity contribution in [1.29, 1.82) is 0 Å². The predicted molar refractivity (Wildman–Crippen MR) is 63.4 cm³/mol. The minimum atomic E-state index is -4.52. The molecule has 0 aromatic carbocycles. The first-order chi connectivity index (χ1) is 8.60. The van der Waals surface area contributed by atoms with E-state index in [4.69, 9.17) is 0 Å². The van der Waals surface area contributed by atoms with Crippen LogP contribution in [0.25, 0.3) is 0 Å². The molecule has 1 aromatic heterocycles. The zero-order chi connectivity index (χ0) is 14.4. The van der Waals surface area contributed by atoms with Crippen molar-refractivity contribution in [3.63, 3.8) is 0 Å². The van der Waals surface area contributed by atoms with Gasteiger partial charge < -0.3 is 9.47 Å². The number of hydrogen-bond donors (Lipinski definition) is 0. The highest BCUT2D eigenvalue weighted by molar-refractivity contribution is 9.10. The first-order valence-electron chi connectivity index (χ1n) is 5.58. The Morgan fingerprint density at radius 3 is 2.42 bits per heavy atom. The molecule has 0 saturated heterocycles. The van der Waals surface area contributed by atoms with Gasteiger partial charge in [0.05, 0.1) is 10.9 Å². The summed E-state index contributed by atoms with van der Waals surface area (Å²) in [5, 5.41) is 6.68. The molecule has 1 aliphatic rings. The van der Waals surface area contributed by atoms with Crippen molar-refractivity contribution in [3.8, 4) is 0 Å². The second kappa shape index (κ2) is 4.46. The second-order valence-electron chi connectivity index (χ2n) is 4.79. The fourth-order valence-corrected chi connectivity index (χ4v) is 2.17. The predicted octanol–water partition coefficient (Wildman–Crippen LogP) is 1.81. The average Bonchev–Trinajstić information content (AvgIpc) is 2.68. The minimum absolute atomic E-state index is 0.0386. The first-order valence-corrected chi connectivity index (χ1v) is 6.37. The fraction of sp³-hybridized carbons (Fsp3) is 0.700. The highest BCUT2D eigenvalue weighted by atomic mass is 79.9. The third-order valence-corrected chi connectivity index (χ3v) is 3.14. The number of amides is 1. The van der Waals surface area contributed by atoms with E-state index < -0.39 is 16.3 Å². The lowest BCUT2D eigenvalue weighted by atomic mass is 10.1. The topological polar surface area (TPSA) is 51.0 Å². The van der Waals surface area contributed by atoms with Crippen molar-refractivity contribution in [3.05, 3.63) is 11.6 Å². The Morgan fingerprint density at radius 1 is 1.26 bits per heavy atom. The highest BCUT2D eigenvalue weighted by Gasteiger charge is 2.40. The molecular weight excluding hydrogens is 329 g/mol. The molecule has 1 aliphatic heterocycles. The third kappa shape index (κ3) is 2.75. The molecule has 1 aromatic rings. The number of alkyl halides is 4. The standard InChI is InChI=1S/C10H12BrF3N4O/c1-9(2,11)8(19)17-3-4-18-6(5-17)15-16-7(18)10(12,13)14/h3-5H2,1-2H3. The molecule has 9 heteroatoms. The van der Waals surface area contributed by atoms with Gasteiger partial charge in [-0.05, 0) is 13.8 Å². The molecule has 5 nitrogen and oxygen atoms in total. The molecule has 0 bridgehead atoms. The number of rotatable bonds is 1. The van der Waals surface area contributed by atoms with Crippen LogP contribution in [0.1, 0.15) is 25.5 Å². The van der Waals surface area contributed by atoms with Gasteiger partial charge >= 0.3 is 6.18 Å². The van der Waals surface area contributed by atoms with Crippen molar-refractivity contribution in [2.45, 2.75) is 37.4 Å². The van der Waals surface area contributed by atoms with Gasteiger partial charge in [-0.1, -0.05) is 15.9 Å². The lowest BCUT2D eigenvalue weighted by molar-refractivity contribution is -0.148. The van der Waals surface area contributed by atoms with Gasteiger partial charge in [0.2, 0.25) is 11.7 Å². The summed E-state index contributed by atoms with van der Waals surface area (Å²) in [6, 6.07) is 0. The maximum Gasteiger partial charge on any atom is 0.451 e. The average molecular weight is 341 g/mol. The van der Waals surface area contributed by atoms with Gasteiger partial charge in [-0.2, -0.15) is 13.2 Å². The lowest BCUT2D eigenvalue weighted by Crippen LogP contribution is -2.45. The molecule has 0 fully saturated rings. The van der Waals surface area contributed by atoms with Crippen LogP contribution in [-0.2, 0) is 24.1 Å². The molecule has 1 amide bonds. The Labute approximate surface area is 115 Å². The van der Waals surface area contributed by atoms with Gasteiger partial charge in [0.15, 0.2) is 5.82 Å². The van der Waals surface area contributed by atoms with E-state index in [-0.39, 0.29) is 31.4 Å². The molecule has 2 heterocycles. The molecule has 0 saturated carbocycles. The molecule has 106 valence electrons. The van der Waals surface area contributed by atoms with Crippen LogP contribution in [0.3, 0.4) is 0 Å². The molecule has 19 heavy (non-hydrogen) atoms. The summed E-state index contributed by atoms with van der Waals surface area (Å²) >= 11 is 3.24. The van der Waals surface area contributed by atoms with Crippen molar-refractivity contribution in [1.82, 2.24) is 19.7 Å². The van der Waals surface area contributed by atoms with E-state index in [1.54, 1.807) is 13.8 Å². The van der Waals surface area contributed by atoms with E-state index in [2.05, 4.69) is 26.1 Å². The van der Waals surface area contributed by atoms with Crippen LogP contribution < -0.4 is 0 Å². The minimum Gasteiger partial charge on any atom is -0.332 e.